The summed E-state index contributed by atoms with van der Waals surface area (Å²) in [6, 6.07) is 7.50. The molecule has 5 rings (SSSR count). The Morgan fingerprint density at radius 3 is 2.65 bits per heavy atom. The van der Waals surface area contributed by atoms with Crippen LogP contribution in [0.5, 0.6) is 0 Å². The van der Waals surface area contributed by atoms with E-state index in [-0.39, 0.29) is 12.0 Å². The summed E-state index contributed by atoms with van der Waals surface area (Å²) in [5, 5.41) is 0. The summed E-state index contributed by atoms with van der Waals surface area (Å²) in [7, 11) is 1.75. The number of carbonyl (C=O) groups excluding carboxylic acids is 1. The van der Waals surface area contributed by atoms with Crippen LogP contribution in [0.2, 0.25) is 0 Å². The summed E-state index contributed by atoms with van der Waals surface area (Å²) >= 11 is 0. The Hall–Kier alpha value is -2.51. The van der Waals surface area contributed by atoms with E-state index in [1.54, 1.807) is 13.3 Å². The van der Waals surface area contributed by atoms with Crippen molar-refractivity contribution in [3.63, 3.8) is 0 Å². The smallest absolute Gasteiger partial charge is 0.258 e. The van der Waals surface area contributed by atoms with Crippen LogP contribution in [0.25, 0.3) is 0 Å². The number of hydrogen-bond acceptors (Lipinski definition) is 6. The molecule has 4 heterocycles. The zero-order valence-electron chi connectivity index (χ0n) is 20.8. The molecule has 0 spiro atoms. The number of fused-ring (bicyclic) bond motifs is 2. The van der Waals surface area contributed by atoms with Gasteiger partial charge in [-0.15, -0.1) is 0 Å². The van der Waals surface area contributed by atoms with Gasteiger partial charge in [0.25, 0.3) is 5.91 Å². The van der Waals surface area contributed by atoms with Gasteiger partial charge in [0.2, 0.25) is 5.95 Å². The lowest BCUT2D eigenvalue weighted by atomic mass is 10.00. The maximum Gasteiger partial charge on any atom is 0.258 e. The largest absolute Gasteiger partial charge is 0.380 e. The second-order valence-electron chi connectivity index (χ2n) is 9.89. The molecule has 1 saturated heterocycles. The molecular formula is C27H37N5O2. The van der Waals surface area contributed by atoms with Crippen LogP contribution in [-0.4, -0.2) is 71.1 Å². The van der Waals surface area contributed by atoms with Crippen LogP contribution in [0.3, 0.4) is 0 Å². The van der Waals surface area contributed by atoms with Gasteiger partial charge in [-0.2, -0.15) is 0 Å². The third kappa shape index (κ3) is 4.56. The van der Waals surface area contributed by atoms with Crippen LogP contribution in [0.4, 0.5) is 5.95 Å². The third-order valence-corrected chi connectivity index (χ3v) is 7.91. The monoisotopic (exact) mass is 463 g/mol. The number of carbonyl (C=O) groups is 1. The van der Waals surface area contributed by atoms with Crippen molar-refractivity contribution in [1.82, 2.24) is 19.8 Å². The van der Waals surface area contributed by atoms with E-state index < -0.39 is 0 Å². The maximum atomic E-state index is 13.1. The van der Waals surface area contributed by atoms with Gasteiger partial charge in [0.1, 0.15) is 0 Å². The van der Waals surface area contributed by atoms with E-state index in [1.807, 2.05) is 4.90 Å². The van der Waals surface area contributed by atoms with Gasteiger partial charge >= 0.3 is 0 Å². The Kier molecular flexibility index (Phi) is 6.84. The normalized spacial score (nSPS) is 20.7. The number of anilines is 1. The SMILES string of the molecule is CCC(CC)N1CCc2ccc(CN3Cc4nc(N5CC[C@H](OC)C5)ncc4C3=O)cc2CC1. The fraction of sp³-hybridized carbons (Fsp3) is 0.593. The first-order valence-electron chi connectivity index (χ1n) is 12.9. The summed E-state index contributed by atoms with van der Waals surface area (Å²) in [6.45, 7) is 9.70. The van der Waals surface area contributed by atoms with Gasteiger partial charge in [0, 0.05) is 52.1 Å². The van der Waals surface area contributed by atoms with Crippen molar-refractivity contribution in [2.45, 2.75) is 71.2 Å². The van der Waals surface area contributed by atoms with E-state index >= 15 is 0 Å². The predicted octanol–water partition coefficient (Wildman–Crippen LogP) is 3.45. The number of hydrogen-bond donors (Lipinski definition) is 0. The van der Waals surface area contributed by atoms with Crippen LogP contribution in [0.1, 0.15) is 65.9 Å². The topological polar surface area (TPSA) is 61.8 Å². The summed E-state index contributed by atoms with van der Waals surface area (Å²) in [5.41, 5.74) is 5.59. The highest BCUT2D eigenvalue weighted by Crippen LogP contribution is 2.27. The van der Waals surface area contributed by atoms with Crippen LogP contribution in [0.15, 0.2) is 24.4 Å². The highest BCUT2D eigenvalue weighted by molar-refractivity contribution is 5.97. The molecule has 7 heteroatoms. The molecule has 0 bridgehead atoms. The number of amides is 1. The highest BCUT2D eigenvalue weighted by Gasteiger charge is 2.32. The molecule has 1 amide bonds. The van der Waals surface area contributed by atoms with Crippen molar-refractivity contribution in [3.05, 3.63) is 52.3 Å². The number of nitrogens with zero attached hydrogens (tertiary/aromatic N) is 5. The second kappa shape index (κ2) is 10.0. The summed E-state index contributed by atoms with van der Waals surface area (Å²) in [4.78, 5) is 29.0. The van der Waals surface area contributed by atoms with E-state index in [1.165, 1.54) is 29.5 Å². The van der Waals surface area contributed by atoms with Crippen molar-refractivity contribution < 1.29 is 9.53 Å². The van der Waals surface area contributed by atoms with E-state index in [0.29, 0.717) is 30.6 Å². The first kappa shape index (κ1) is 23.2. The van der Waals surface area contributed by atoms with Crippen molar-refractivity contribution in [3.8, 4) is 0 Å². The first-order valence-corrected chi connectivity index (χ1v) is 12.9. The Labute approximate surface area is 203 Å². The molecule has 0 radical (unpaired) electrons. The molecular weight excluding hydrogens is 426 g/mol. The average molecular weight is 464 g/mol. The van der Waals surface area contributed by atoms with Gasteiger partial charge in [0.05, 0.1) is 23.9 Å². The molecule has 0 aliphatic carbocycles. The number of methoxy groups -OCH3 is 1. The summed E-state index contributed by atoms with van der Waals surface area (Å²) < 4.78 is 5.47. The minimum Gasteiger partial charge on any atom is -0.380 e. The Balaban J connectivity index is 1.26. The fourth-order valence-electron chi connectivity index (χ4n) is 5.80. The van der Waals surface area contributed by atoms with Crippen LogP contribution >= 0.6 is 0 Å². The molecule has 0 unspecified atom stereocenters. The molecule has 0 saturated carbocycles. The quantitative estimate of drug-likeness (QED) is 0.627. The maximum absolute atomic E-state index is 13.1. The number of rotatable bonds is 7. The molecule has 7 nitrogen and oxygen atoms in total. The van der Waals surface area contributed by atoms with Gasteiger partial charge in [-0.1, -0.05) is 32.0 Å². The van der Waals surface area contributed by atoms with Crippen LogP contribution in [0, 0.1) is 0 Å². The van der Waals surface area contributed by atoms with Gasteiger partial charge < -0.3 is 14.5 Å². The lowest BCUT2D eigenvalue weighted by Gasteiger charge is -2.28. The molecule has 3 aliphatic rings. The average Bonchev–Trinajstić information content (AvgIpc) is 3.39. The lowest BCUT2D eigenvalue weighted by molar-refractivity contribution is 0.0766. The standard InChI is InChI=1S/C27H37N5O2/c1-4-22(5-2)30-11-8-20-7-6-19(14-21(20)9-12-30)16-32-18-25-24(26(32)33)15-28-27(29-25)31-13-10-23(17-31)34-3/h6-7,14-15,22-23H,4-5,8-13,16-18H2,1-3H3/t23-/m0/s1. The number of ether oxygens (including phenoxy) is 1. The third-order valence-electron chi connectivity index (χ3n) is 7.91. The van der Waals surface area contributed by atoms with Crippen LogP contribution in [-0.2, 0) is 30.7 Å². The zero-order valence-corrected chi connectivity index (χ0v) is 20.8. The molecule has 34 heavy (non-hydrogen) atoms. The van der Waals surface area contributed by atoms with Gasteiger partial charge in [0.15, 0.2) is 0 Å². The zero-order chi connectivity index (χ0) is 23.7. The number of aromatic nitrogens is 2. The predicted molar refractivity (Wildman–Crippen MR) is 133 cm³/mol. The second-order valence-corrected chi connectivity index (χ2v) is 9.89. The fourth-order valence-corrected chi connectivity index (χ4v) is 5.80. The van der Waals surface area contributed by atoms with E-state index in [9.17, 15) is 4.79 Å². The van der Waals surface area contributed by atoms with Gasteiger partial charge in [-0.3, -0.25) is 9.69 Å². The molecule has 0 N–H and O–H groups in total. The first-order chi connectivity index (χ1) is 16.6. The van der Waals surface area contributed by atoms with E-state index in [2.05, 4.69) is 46.8 Å². The molecule has 182 valence electrons. The Bertz CT molecular complexity index is 1040. The van der Waals surface area contributed by atoms with Crippen molar-refractivity contribution >= 4 is 11.9 Å². The molecule has 2 aromatic rings. The summed E-state index contributed by atoms with van der Waals surface area (Å²) in [6.07, 6.45) is 7.54. The molecule has 1 aromatic carbocycles. The van der Waals surface area contributed by atoms with Crippen molar-refractivity contribution in [1.29, 1.82) is 0 Å². The van der Waals surface area contributed by atoms with Crippen molar-refractivity contribution in [2.24, 2.45) is 0 Å². The minimum atomic E-state index is 0.0348. The van der Waals surface area contributed by atoms with E-state index in [4.69, 9.17) is 9.72 Å². The van der Waals surface area contributed by atoms with Crippen molar-refractivity contribution in [2.75, 3.05) is 38.2 Å². The van der Waals surface area contributed by atoms with Crippen LogP contribution < -0.4 is 4.90 Å². The molecule has 1 fully saturated rings. The number of benzene rings is 1. The highest BCUT2D eigenvalue weighted by atomic mass is 16.5. The molecule has 1 aromatic heterocycles. The Morgan fingerprint density at radius 2 is 1.91 bits per heavy atom. The molecule has 1 atom stereocenters. The Morgan fingerprint density at radius 1 is 1.12 bits per heavy atom. The van der Waals surface area contributed by atoms with E-state index in [0.717, 1.165) is 51.1 Å². The molecule has 3 aliphatic heterocycles. The lowest BCUT2D eigenvalue weighted by Crippen LogP contribution is -2.36. The van der Waals surface area contributed by atoms with Gasteiger partial charge in [-0.25, -0.2) is 9.97 Å². The minimum absolute atomic E-state index is 0.0348. The summed E-state index contributed by atoms with van der Waals surface area (Å²) in [5.74, 6) is 0.743. The van der Waals surface area contributed by atoms with Gasteiger partial charge in [-0.05, 0) is 48.8 Å².